The molecule has 1 aliphatic carbocycles. The molecule has 3 heteroatoms. The Kier molecular flexibility index (Phi) is 1.42. The van der Waals surface area contributed by atoms with Crippen molar-refractivity contribution in [1.82, 2.24) is 0 Å². The Morgan fingerprint density at radius 3 is 2.56 bits per heavy atom. The zero-order chi connectivity index (χ0) is 6.85. The van der Waals surface area contributed by atoms with Crippen LogP contribution in [-0.4, -0.2) is 10.8 Å². The van der Waals surface area contributed by atoms with Gasteiger partial charge in [0, 0.05) is 17.7 Å². The van der Waals surface area contributed by atoms with Crippen LogP contribution in [0.1, 0.15) is 12.8 Å². The van der Waals surface area contributed by atoms with Crippen molar-refractivity contribution in [1.29, 1.82) is 5.41 Å². The van der Waals surface area contributed by atoms with Gasteiger partial charge in [-0.2, -0.15) is 0 Å². The van der Waals surface area contributed by atoms with Crippen LogP contribution in [0.4, 0.5) is 0 Å². The van der Waals surface area contributed by atoms with E-state index in [4.69, 9.17) is 16.2 Å². The standard InChI is InChI=1S/C6H10N2O/c7-5(3-6(8)9)4-1-2-4/h3-4,7,9H,1-2,8H2/b6-3-,7-5?. The molecule has 4 N–H and O–H groups in total. The lowest BCUT2D eigenvalue weighted by Crippen LogP contribution is -2.01. The van der Waals surface area contributed by atoms with Crippen molar-refractivity contribution in [3.8, 4) is 0 Å². The van der Waals surface area contributed by atoms with Gasteiger partial charge in [-0.25, -0.2) is 0 Å². The van der Waals surface area contributed by atoms with E-state index >= 15 is 0 Å². The van der Waals surface area contributed by atoms with Gasteiger partial charge < -0.3 is 16.2 Å². The molecule has 0 aromatic rings. The summed E-state index contributed by atoms with van der Waals surface area (Å²) in [6, 6.07) is 0. The number of hydrogen-bond donors (Lipinski definition) is 3. The highest BCUT2D eigenvalue weighted by molar-refractivity contribution is 5.95. The van der Waals surface area contributed by atoms with Crippen molar-refractivity contribution in [2.24, 2.45) is 11.7 Å². The molecule has 50 valence electrons. The van der Waals surface area contributed by atoms with E-state index in [2.05, 4.69) is 0 Å². The SMILES string of the molecule is N=C(/C=C(/N)O)C1CC1. The molecule has 0 aliphatic heterocycles. The first-order valence-corrected chi connectivity index (χ1v) is 2.94. The van der Waals surface area contributed by atoms with Gasteiger partial charge in [-0.3, -0.25) is 0 Å². The molecular formula is C6H10N2O. The summed E-state index contributed by atoms with van der Waals surface area (Å²) in [5, 5.41) is 15.7. The van der Waals surface area contributed by atoms with Crippen LogP contribution in [0.15, 0.2) is 12.0 Å². The minimum absolute atomic E-state index is 0.257. The summed E-state index contributed by atoms with van der Waals surface area (Å²) in [6.45, 7) is 0. The third-order valence-electron chi connectivity index (χ3n) is 1.32. The Bertz CT molecular complexity index is 154. The van der Waals surface area contributed by atoms with Crippen molar-refractivity contribution in [2.75, 3.05) is 0 Å². The number of aliphatic hydroxyl groups is 1. The van der Waals surface area contributed by atoms with E-state index in [-0.39, 0.29) is 5.88 Å². The van der Waals surface area contributed by atoms with Crippen LogP contribution in [0.3, 0.4) is 0 Å². The number of hydrogen-bond acceptors (Lipinski definition) is 3. The van der Waals surface area contributed by atoms with Gasteiger partial charge in [0.05, 0.1) is 0 Å². The normalized spacial score (nSPS) is 19.8. The maximum atomic E-state index is 8.50. The van der Waals surface area contributed by atoms with Crippen LogP contribution in [0, 0.1) is 11.3 Å². The molecule has 0 atom stereocenters. The van der Waals surface area contributed by atoms with E-state index < -0.39 is 0 Å². The van der Waals surface area contributed by atoms with E-state index in [1.54, 1.807) is 0 Å². The van der Waals surface area contributed by atoms with E-state index in [1.807, 2.05) is 0 Å². The second-order valence-corrected chi connectivity index (χ2v) is 2.30. The summed E-state index contributed by atoms with van der Waals surface area (Å²) in [4.78, 5) is 0. The Morgan fingerprint density at radius 1 is 1.67 bits per heavy atom. The molecule has 1 fully saturated rings. The molecule has 0 aromatic heterocycles. The van der Waals surface area contributed by atoms with Gasteiger partial charge in [-0.05, 0) is 12.8 Å². The molecule has 1 rings (SSSR count). The third-order valence-corrected chi connectivity index (χ3v) is 1.32. The summed E-state index contributed by atoms with van der Waals surface area (Å²) in [7, 11) is 0. The van der Waals surface area contributed by atoms with E-state index in [1.165, 1.54) is 6.08 Å². The zero-order valence-corrected chi connectivity index (χ0v) is 5.09. The molecule has 0 heterocycles. The third kappa shape index (κ3) is 1.76. The Labute approximate surface area is 53.7 Å². The van der Waals surface area contributed by atoms with Crippen molar-refractivity contribution >= 4 is 5.71 Å². The molecule has 3 nitrogen and oxygen atoms in total. The second-order valence-electron chi connectivity index (χ2n) is 2.30. The molecule has 1 saturated carbocycles. The van der Waals surface area contributed by atoms with Gasteiger partial charge >= 0.3 is 0 Å². The molecular weight excluding hydrogens is 116 g/mol. The Hall–Kier alpha value is -0.990. The van der Waals surface area contributed by atoms with Gasteiger partial charge in [0.25, 0.3) is 0 Å². The van der Waals surface area contributed by atoms with Gasteiger partial charge in [-0.1, -0.05) is 0 Å². The average Bonchev–Trinajstić information content (AvgIpc) is 2.40. The highest BCUT2D eigenvalue weighted by atomic mass is 16.3. The highest BCUT2D eigenvalue weighted by Gasteiger charge is 2.24. The fraction of sp³-hybridized carbons (Fsp3) is 0.500. The van der Waals surface area contributed by atoms with Gasteiger partial charge in [0.2, 0.25) is 0 Å². The van der Waals surface area contributed by atoms with Gasteiger partial charge in [-0.15, -0.1) is 0 Å². The molecule has 0 unspecified atom stereocenters. The lowest BCUT2D eigenvalue weighted by atomic mass is 10.2. The lowest BCUT2D eigenvalue weighted by Gasteiger charge is -1.91. The Balaban J connectivity index is 2.42. The quantitative estimate of drug-likeness (QED) is 0.378. The summed E-state index contributed by atoms with van der Waals surface area (Å²) in [5.74, 6) is 0.114. The summed E-state index contributed by atoms with van der Waals surface area (Å²) >= 11 is 0. The van der Waals surface area contributed by atoms with Crippen LogP contribution in [-0.2, 0) is 0 Å². The molecule has 9 heavy (non-hydrogen) atoms. The van der Waals surface area contributed by atoms with Crippen LogP contribution in [0.2, 0.25) is 0 Å². The first-order valence-electron chi connectivity index (χ1n) is 2.94. The molecule has 0 spiro atoms. The predicted molar refractivity (Wildman–Crippen MR) is 35.3 cm³/mol. The number of nitrogens with one attached hydrogen (secondary N) is 1. The summed E-state index contributed by atoms with van der Waals surface area (Å²) in [6.07, 6.45) is 3.45. The summed E-state index contributed by atoms with van der Waals surface area (Å²) < 4.78 is 0. The predicted octanol–water partition coefficient (Wildman–Crippen LogP) is 0.774. The molecule has 0 radical (unpaired) electrons. The number of aliphatic hydroxyl groups excluding tert-OH is 1. The number of rotatable bonds is 2. The maximum Gasteiger partial charge on any atom is 0.183 e. The van der Waals surface area contributed by atoms with Crippen LogP contribution in [0.25, 0.3) is 0 Å². The average molecular weight is 126 g/mol. The van der Waals surface area contributed by atoms with Crippen molar-refractivity contribution in [2.45, 2.75) is 12.8 Å². The molecule has 0 saturated heterocycles. The smallest absolute Gasteiger partial charge is 0.183 e. The summed E-state index contributed by atoms with van der Waals surface area (Å²) in [5.41, 5.74) is 5.39. The van der Waals surface area contributed by atoms with Crippen molar-refractivity contribution < 1.29 is 5.11 Å². The maximum absolute atomic E-state index is 8.50. The molecule has 0 bridgehead atoms. The van der Waals surface area contributed by atoms with Gasteiger partial charge in [0.1, 0.15) is 0 Å². The van der Waals surface area contributed by atoms with Crippen LogP contribution in [0.5, 0.6) is 0 Å². The van der Waals surface area contributed by atoms with Crippen molar-refractivity contribution in [3.05, 3.63) is 12.0 Å². The van der Waals surface area contributed by atoms with E-state index in [9.17, 15) is 0 Å². The monoisotopic (exact) mass is 126 g/mol. The first-order chi connectivity index (χ1) is 4.20. The second kappa shape index (κ2) is 2.09. The molecule has 0 aromatic carbocycles. The number of nitrogens with two attached hydrogens (primary N) is 1. The lowest BCUT2D eigenvalue weighted by molar-refractivity contribution is 0.406. The minimum atomic E-state index is -0.257. The zero-order valence-electron chi connectivity index (χ0n) is 5.09. The Morgan fingerprint density at radius 2 is 2.22 bits per heavy atom. The van der Waals surface area contributed by atoms with E-state index in [0.717, 1.165) is 12.8 Å². The molecule has 0 amide bonds. The molecule has 1 aliphatic rings. The van der Waals surface area contributed by atoms with Crippen LogP contribution >= 0.6 is 0 Å². The van der Waals surface area contributed by atoms with Crippen molar-refractivity contribution in [3.63, 3.8) is 0 Å². The highest BCUT2D eigenvalue weighted by Crippen LogP contribution is 2.30. The fourth-order valence-corrected chi connectivity index (χ4v) is 0.672. The number of allylic oxidation sites excluding steroid dienone is 1. The minimum Gasteiger partial charge on any atom is -0.495 e. The van der Waals surface area contributed by atoms with Crippen LogP contribution < -0.4 is 5.73 Å². The van der Waals surface area contributed by atoms with Gasteiger partial charge in [0.15, 0.2) is 5.88 Å². The first kappa shape index (κ1) is 6.13. The topological polar surface area (TPSA) is 70.1 Å². The largest absolute Gasteiger partial charge is 0.495 e. The van der Waals surface area contributed by atoms with E-state index in [0.29, 0.717) is 11.6 Å². The fourth-order valence-electron chi connectivity index (χ4n) is 0.672.